The molecule has 1 N–H and O–H groups in total. The van der Waals surface area contributed by atoms with Crippen LogP contribution in [0.5, 0.6) is 0 Å². The zero-order valence-electron chi connectivity index (χ0n) is 15.3. The van der Waals surface area contributed by atoms with E-state index in [4.69, 9.17) is 0 Å². The van der Waals surface area contributed by atoms with Crippen LogP contribution >= 0.6 is 0 Å². The van der Waals surface area contributed by atoms with Crippen LogP contribution in [0.3, 0.4) is 0 Å². The van der Waals surface area contributed by atoms with Crippen LogP contribution in [0.25, 0.3) is 0 Å². The quantitative estimate of drug-likeness (QED) is 0.580. The Morgan fingerprint density at radius 2 is 2.28 bits per heavy atom. The molecule has 132 valence electrons. The number of hydrogen-bond donors (Lipinski definition) is 1. The number of anilines is 1. The SMILES string of the molecule is C=CC(=C\N(C)c1cccc(CC)c1)/C(=C/C=N\C1CCNC1)N=C. The second kappa shape index (κ2) is 9.74. The van der Waals surface area contributed by atoms with Crippen molar-refractivity contribution in [3.63, 3.8) is 0 Å². The summed E-state index contributed by atoms with van der Waals surface area (Å²) in [5.41, 5.74) is 4.12. The zero-order valence-corrected chi connectivity index (χ0v) is 15.3. The maximum Gasteiger partial charge on any atom is 0.0724 e. The normalized spacial score (nSPS) is 18.6. The molecule has 2 rings (SSSR count). The van der Waals surface area contributed by atoms with Gasteiger partial charge in [-0.25, -0.2) is 0 Å². The lowest BCUT2D eigenvalue weighted by Gasteiger charge is -2.17. The Bertz CT molecular complexity index is 679. The number of rotatable bonds is 8. The molecule has 1 aliphatic rings. The molecule has 0 aliphatic carbocycles. The van der Waals surface area contributed by atoms with Gasteiger partial charge in [0.25, 0.3) is 0 Å². The van der Waals surface area contributed by atoms with Gasteiger partial charge in [0.05, 0.1) is 11.7 Å². The summed E-state index contributed by atoms with van der Waals surface area (Å²) < 4.78 is 0. The van der Waals surface area contributed by atoms with Crippen LogP contribution in [0.1, 0.15) is 18.9 Å². The van der Waals surface area contributed by atoms with Gasteiger partial charge in [0.1, 0.15) is 0 Å². The Balaban J connectivity index is 2.17. The topological polar surface area (TPSA) is 40.0 Å². The Labute approximate surface area is 151 Å². The van der Waals surface area contributed by atoms with Gasteiger partial charge >= 0.3 is 0 Å². The summed E-state index contributed by atoms with van der Waals surface area (Å²) in [5, 5.41) is 3.31. The third-order valence-corrected chi connectivity index (χ3v) is 4.31. The van der Waals surface area contributed by atoms with Gasteiger partial charge in [-0.3, -0.25) is 9.98 Å². The molecule has 1 unspecified atom stereocenters. The number of aryl methyl sites for hydroxylation is 1. The molecule has 1 aromatic carbocycles. The summed E-state index contributed by atoms with van der Waals surface area (Å²) in [4.78, 5) is 10.8. The van der Waals surface area contributed by atoms with Gasteiger partial charge in [-0.15, -0.1) is 0 Å². The lowest BCUT2D eigenvalue weighted by Crippen LogP contribution is -2.11. The van der Waals surface area contributed by atoms with E-state index in [0.29, 0.717) is 6.04 Å². The number of hydrogen-bond acceptors (Lipinski definition) is 4. The molecule has 1 aliphatic heterocycles. The number of nitrogens with zero attached hydrogens (tertiary/aromatic N) is 3. The van der Waals surface area contributed by atoms with Gasteiger partial charge in [0.15, 0.2) is 0 Å². The standard InChI is InChI=1S/C21H28N4/c1-5-17-8-7-9-20(14-17)25(4)16-18(6-2)21(22-3)11-13-24-19-10-12-23-15-19/h6-9,11,13-14,16,19,23H,2-3,5,10,12,15H2,1,4H3/b18-16+,21-11-,24-13-. The third-order valence-electron chi connectivity index (χ3n) is 4.31. The molecular weight excluding hydrogens is 308 g/mol. The fraction of sp³-hybridized carbons (Fsp3) is 0.333. The van der Waals surface area contributed by atoms with Gasteiger partial charge in [0, 0.05) is 37.3 Å². The molecule has 1 fully saturated rings. The third kappa shape index (κ3) is 5.54. The summed E-state index contributed by atoms with van der Waals surface area (Å²) in [5.74, 6) is 0. The number of aliphatic imine (C=N–C) groups is 2. The van der Waals surface area contributed by atoms with Crippen molar-refractivity contribution in [1.29, 1.82) is 0 Å². The maximum absolute atomic E-state index is 4.56. The van der Waals surface area contributed by atoms with Crippen LogP contribution in [-0.4, -0.2) is 39.1 Å². The lowest BCUT2D eigenvalue weighted by molar-refractivity contribution is 0.748. The van der Waals surface area contributed by atoms with Crippen molar-refractivity contribution < 1.29 is 0 Å². The molecule has 4 nitrogen and oxygen atoms in total. The van der Waals surface area contributed by atoms with Crippen LogP contribution < -0.4 is 10.2 Å². The molecule has 0 radical (unpaired) electrons. The van der Waals surface area contributed by atoms with Crippen LogP contribution in [-0.2, 0) is 6.42 Å². The highest BCUT2D eigenvalue weighted by molar-refractivity contribution is 5.75. The van der Waals surface area contributed by atoms with E-state index in [9.17, 15) is 0 Å². The summed E-state index contributed by atoms with van der Waals surface area (Å²) in [6, 6.07) is 8.86. The predicted octanol–water partition coefficient (Wildman–Crippen LogP) is 3.77. The van der Waals surface area contributed by atoms with Crippen molar-refractivity contribution in [2.24, 2.45) is 9.98 Å². The molecule has 1 atom stereocenters. The molecular formula is C21H28N4. The van der Waals surface area contributed by atoms with E-state index in [2.05, 4.69) is 64.7 Å². The first-order chi connectivity index (χ1) is 12.2. The highest BCUT2D eigenvalue weighted by atomic mass is 15.1. The summed E-state index contributed by atoms with van der Waals surface area (Å²) in [6.07, 6.45) is 9.65. The summed E-state index contributed by atoms with van der Waals surface area (Å²) in [7, 11) is 2.03. The second-order valence-electron chi connectivity index (χ2n) is 6.08. The van der Waals surface area contributed by atoms with Crippen LogP contribution in [0.2, 0.25) is 0 Å². The predicted molar refractivity (Wildman–Crippen MR) is 110 cm³/mol. The first-order valence-electron chi connectivity index (χ1n) is 8.75. The molecule has 0 amide bonds. The van der Waals surface area contributed by atoms with E-state index >= 15 is 0 Å². The maximum atomic E-state index is 4.56. The van der Waals surface area contributed by atoms with Gasteiger partial charge in [-0.2, -0.15) is 0 Å². The first kappa shape index (κ1) is 18.9. The van der Waals surface area contributed by atoms with Crippen molar-refractivity contribution in [3.8, 4) is 0 Å². The molecule has 1 saturated heterocycles. The minimum atomic E-state index is 0.359. The fourth-order valence-corrected chi connectivity index (χ4v) is 2.74. The van der Waals surface area contributed by atoms with Crippen molar-refractivity contribution in [3.05, 3.63) is 66.0 Å². The van der Waals surface area contributed by atoms with E-state index in [1.807, 2.05) is 25.5 Å². The molecule has 0 aromatic heterocycles. The van der Waals surface area contributed by atoms with Crippen molar-refractivity contribution >= 4 is 18.6 Å². The Morgan fingerprint density at radius 3 is 2.92 bits per heavy atom. The van der Waals surface area contributed by atoms with Gasteiger partial charge in [-0.1, -0.05) is 31.7 Å². The van der Waals surface area contributed by atoms with Gasteiger partial charge < -0.3 is 10.2 Å². The van der Waals surface area contributed by atoms with Crippen molar-refractivity contribution in [2.75, 3.05) is 25.0 Å². The Morgan fingerprint density at radius 1 is 1.44 bits per heavy atom. The second-order valence-corrected chi connectivity index (χ2v) is 6.08. The zero-order chi connectivity index (χ0) is 18.1. The van der Waals surface area contributed by atoms with Crippen LogP contribution in [0, 0.1) is 0 Å². The van der Waals surface area contributed by atoms with E-state index < -0.39 is 0 Å². The first-order valence-corrected chi connectivity index (χ1v) is 8.75. The fourth-order valence-electron chi connectivity index (χ4n) is 2.74. The molecule has 1 heterocycles. The largest absolute Gasteiger partial charge is 0.350 e. The Hall–Kier alpha value is -2.46. The van der Waals surface area contributed by atoms with E-state index in [1.54, 1.807) is 6.08 Å². The average molecular weight is 336 g/mol. The minimum absolute atomic E-state index is 0.359. The monoisotopic (exact) mass is 336 g/mol. The molecule has 0 spiro atoms. The minimum Gasteiger partial charge on any atom is -0.350 e. The van der Waals surface area contributed by atoms with Crippen LogP contribution in [0.4, 0.5) is 5.69 Å². The Kier molecular flexibility index (Phi) is 7.36. The lowest BCUT2D eigenvalue weighted by atomic mass is 10.1. The van der Waals surface area contributed by atoms with Crippen molar-refractivity contribution in [2.45, 2.75) is 25.8 Å². The number of nitrogens with one attached hydrogen (secondary N) is 1. The highest BCUT2D eigenvalue weighted by Gasteiger charge is 2.11. The summed E-state index contributed by atoms with van der Waals surface area (Å²) >= 11 is 0. The number of allylic oxidation sites excluding steroid dienone is 2. The summed E-state index contributed by atoms with van der Waals surface area (Å²) in [6.45, 7) is 11.8. The molecule has 0 bridgehead atoms. The molecule has 25 heavy (non-hydrogen) atoms. The molecule has 1 aromatic rings. The highest BCUT2D eigenvalue weighted by Crippen LogP contribution is 2.19. The van der Waals surface area contributed by atoms with E-state index in [1.165, 1.54) is 5.56 Å². The number of benzene rings is 1. The average Bonchev–Trinajstić information content (AvgIpc) is 3.17. The van der Waals surface area contributed by atoms with Crippen molar-refractivity contribution in [1.82, 2.24) is 5.32 Å². The van der Waals surface area contributed by atoms with E-state index in [0.717, 1.165) is 42.9 Å². The molecule has 4 heteroatoms. The van der Waals surface area contributed by atoms with Crippen LogP contribution in [0.15, 0.2) is 70.5 Å². The smallest absolute Gasteiger partial charge is 0.0724 e. The van der Waals surface area contributed by atoms with Gasteiger partial charge in [-0.05, 0) is 49.9 Å². The molecule has 0 saturated carbocycles. The van der Waals surface area contributed by atoms with Gasteiger partial charge in [0.2, 0.25) is 0 Å². The van der Waals surface area contributed by atoms with E-state index in [-0.39, 0.29) is 0 Å².